The Morgan fingerprint density at radius 1 is 1.25 bits per heavy atom. The van der Waals surface area contributed by atoms with Crippen LogP contribution in [0.25, 0.3) is 0 Å². The van der Waals surface area contributed by atoms with Crippen LogP contribution >= 0.6 is 0 Å². The number of hydrogen-bond acceptors (Lipinski definition) is 2. The Morgan fingerprint density at radius 2 is 1.92 bits per heavy atom. The maximum atomic E-state index is 8.75. The average molecular weight is 173 g/mol. The molecule has 0 aliphatic rings. The van der Waals surface area contributed by atoms with Gasteiger partial charge < -0.3 is 10.4 Å². The lowest BCUT2D eigenvalue weighted by Gasteiger charge is -2.18. The molecule has 74 valence electrons. The van der Waals surface area contributed by atoms with Crippen molar-refractivity contribution in [2.75, 3.05) is 13.2 Å². The van der Waals surface area contributed by atoms with Gasteiger partial charge in [0.2, 0.25) is 0 Å². The molecule has 2 heteroatoms. The minimum Gasteiger partial charge on any atom is -0.396 e. The van der Waals surface area contributed by atoms with Crippen molar-refractivity contribution in [3.8, 4) is 0 Å². The van der Waals surface area contributed by atoms with Crippen LogP contribution in [-0.2, 0) is 0 Å². The highest BCUT2D eigenvalue weighted by atomic mass is 16.3. The van der Waals surface area contributed by atoms with Gasteiger partial charge in [0.1, 0.15) is 0 Å². The minimum absolute atomic E-state index is 0.298. The largest absolute Gasteiger partial charge is 0.396 e. The predicted octanol–water partition coefficient (Wildman–Crippen LogP) is 1.78. The summed E-state index contributed by atoms with van der Waals surface area (Å²) in [5.41, 5.74) is 0. The second-order valence-corrected chi connectivity index (χ2v) is 3.54. The molecule has 0 aromatic carbocycles. The van der Waals surface area contributed by atoms with Gasteiger partial charge in [-0.3, -0.25) is 0 Å². The van der Waals surface area contributed by atoms with E-state index in [1.54, 1.807) is 0 Å². The van der Waals surface area contributed by atoms with Gasteiger partial charge in [-0.15, -0.1) is 0 Å². The van der Waals surface area contributed by atoms with Crippen molar-refractivity contribution in [1.82, 2.24) is 5.32 Å². The van der Waals surface area contributed by atoms with E-state index in [-0.39, 0.29) is 0 Å². The van der Waals surface area contributed by atoms with E-state index in [2.05, 4.69) is 26.1 Å². The van der Waals surface area contributed by atoms with Gasteiger partial charge in [-0.05, 0) is 25.3 Å². The lowest BCUT2D eigenvalue weighted by atomic mass is 10.1. The summed E-state index contributed by atoms with van der Waals surface area (Å²) in [6.45, 7) is 7.99. The highest BCUT2D eigenvalue weighted by Gasteiger charge is 2.05. The molecule has 0 radical (unpaired) electrons. The molecule has 12 heavy (non-hydrogen) atoms. The van der Waals surface area contributed by atoms with E-state index >= 15 is 0 Å². The molecule has 0 saturated heterocycles. The highest BCUT2D eigenvalue weighted by Crippen LogP contribution is 2.01. The molecule has 0 bridgehead atoms. The highest BCUT2D eigenvalue weighted by molar-refractivity contribution is 4.65. The van der Waals surface area contributed by atoms with Crippen molar-refractivity contribution < 1.29 is 5.11 Å². The summed E-state index contributed by atoms with van der Waals surface area (Å²) >= 11 is 0. The Labute approximate surface area is 76.4 Å². The molecule has 0 amide bonds. The van der Waals surface area contributed by atoms with Crippen molar-refractivity contribution in [2.24, 2.45) is 5.92 Å². The lowest BCUT2D eigenvalue weighted by molar-refractivity contribution is 0.259. The van der Waals surface area contributed by atoms with Crippen molar-refractivity contribution in [1.29, 1.82) is 0 Å². The van der Waals surface area contributed by atoms with Crippen LogP contribution in [0.2, 0.25) is 0 Å². The number of rotatable bonds is 7. The fourth-order valence-electron chi connectivity index (χ4n) is 1.12. The fourth-order valence-corrected chi connectivity index (χ4v) is 1.12. The zero-order valence-electron chi connectivity index (χ0n) is 8.64. The van der Waals surface area contributed by atoms with Gasteiger partial charge in [0, 0.05) is 12.6 Å². The summed E-state index contributed by atoms with van der Waals surface area (Å²) in [6, 6.07) is 0.504. The maximum absolute atomic E-state index is 8.75. The fraction of sp³-hybridized carbons (Fsp3) is 1.00. The van der Waals surface area contributed by atoms with Gasteiger partial charge in [0.15, 0.2) is 0 Å². The molecule has 0 fully saturated rings. The second kappa shape index (κ2) is 7.56. The van der Waals surface area contributed by atoms with Crippen LogP contribution in [0, 0.1) is 5.92 Å². The maximum Gasteiger partial charge on any atom is 0.0445 e. The van der Waals surface area contributed by atoms with Crippen molar-refractivity contribution >= 4 is 0 Å². The van der Waals surface area contributed by atoms with Gasteiger partial charge in [0.25, 0.3) is 0 Å². The summed E-state index contributed by atoms with van der Waals surface area (Å²) in [6.07, 6.45) is 3.21. The minimum atomic E-state index is 0.298. The first-order valence-electron chi connectivity index (χ1n) is 5.08. The zero-order valence-corrected chi connectivity index (χ0v) is 8.64. The van der Waals surface area contributed by atoms with Crippen LogP contribution in [0.3, 0.4) is 0 Å². The molecule has 0 aromatic rings. The first-order chi connectivity index (χ1) is 5.74. The molecular weight excluding hydrogens is 150 g/mol. The predicted molar refractivity (Wildman–Crippen MR) is 53.2 cm³/mol. The quantitative estimate of drug-likeness (QED) is 0.615. The number of aliphatic hydroxyl groups excluding tert-OH is 1. The Balaban J connectivity index is 3.43. The van der Waals surface area contributed by atoms with E-state index in [0.29, 0.717) is 12.6 Å². The summed E-state index contributed by atoms with van der Waals surface area (Å²) < 4.78 is 0. The average Bonchev–Trinajstić information content (AvgIpc) is 2.11. The van der Waals surface area contributed by atoms with Gasteiger partial charge in [-0.2, -0.15) is 0 Å². The topological polar surface area (TPSA) is 32.3 Å². The molecule has 2 unspecified atom stereocenters. The van der Waals surface area contributed by atoms with Crippen molar-refractivity contribution in [2.45, 2.75) is 46.1 Å². The lowest BCUT2D eigenvalue weighted by Crippen LogP contribution is -2.32. The summed E-state index contributed by atoms with van der Waals surface area (Å²) in [5.74, 6) is 0.748. The monoisotopic (exact) mass is 173 g/mol. The van der Waals surface area contributed by atoms with E-state index in [4.69, 9.17) is 5.11 Å². The van der Waals surface area contributed by atoms with Gasteiger partial charge >= 0.3 is 0 Å². The molecular formula is C10H23NO. The SMILES string of the molecule is CCC(C)CNC(CC)CCO. The number of nitrogens with one attached hydrogen (secondary N) is 1. The third-order valence-electron chi connectivity index (χ3n) is 2.42. The summed E-state index contributed by atoms with van der Waals surface area (Å²) in [7, 11) is 0. The van der Waals surface area contributed by atoms with E-state index in [1.807, 2.05) is 0 Å². The molecule has 0 rings (SSSR count). The standard InChI is InChI=1S/C10H23NO/c1-4-9(3)8-11-10(5-2)6-7-12/h9-12H,4-8H2,1-3H3. The first kappa shape index (κ1) is 11.9. The van der Waals surface area contributed by atoms with E-state index in [0.717, 1.165) is 25.3 Å². The van der Waals surface area contributed by atoms with Gasteiger partial charge in [-0.1, -0.05) is 27.2 Å². The Hall–Kier alpha value is -0.0800. The number of hydrogen-bond donors (Lipinski definition) is 2. The third-order valence-corrected chi connectivity index (χ3v) is 2.42. The van der Waals surface area contributed by atoms with Crippen LogP contribution in [0.4, 0.5) is 0 Å². The molecule has 0 aliphatic heterocycles. The Morgan fingerprint density at radius 3 is 2.33 bits per heavy atom. The first-order valence-corrected chi connectivity index (χ1v) is 5.08. The molecule has 0 aliphatic carbocycles. The summed E-state index contributed by atoms with van der Waals surface area (Å²) in [4.78, 5) is 0. The Kier molecular flexibility index (Phi) is 7.51. The number of aliphatic hydroxyl groups is 1. The normalized spacial score (nSPS) is 16.0. The summed E-state index contributed by atoms with van der Waals surface area (Å²) in [5, 5.41) is 12.2. The molecule has 2 nitrogen and oxygen atoms in total. The smallest absolute Gasteiger partial charge is 0.0445 e. The molecule has 0 saturated carbocycles. The molecule has 0 heterocycles. The zero-order chi connectivity index (χ0) is 9.40. The molecule has 2 N–H and O–H groups in total. The van der Waals surface area contributed by atoms with Crippen LogP contribution < -0.4 is 5.32 Å². The molecule has 2 atom stereocenters. The van der Waals surface area contributed by atoms with Crippen molar-refractivity contribution in [3.63, 3.8) is 0 Å². The van der Waals surface area contributed by atoms with E-state index in [9.17, 15) is 0 Å². The van der Waals surface area contributed by atoms with E-state index < -0.39 is 0 Å². The molecule has 0 aromatic heterocycles. The van der Waals surface area contributed by atoms with E-state index in [1.165, 1.54) is 6.42 Å². The van der Waals surface area contributed by atoms with Crippen LogP contribution in [-0.4, -0.2) is 24.3 Å². The van der Waals surface area contributed by atoms with Crippen LogP contribution in [0.5, 0.6) is 0 Å². The third kappa shape index (κ3) is 5.56. The second-order valence-electron chi connectivity index (χ2n) is 3.54. The van der Waals surface area contributed by atoms with Crippen LogP contribution in [0.1, 0.15) is 40.0 Å². The van der Waals surface area contributed by atoms with Crippen LogP contribution in [0.15, 0.2) is 0 Å². The van der Waals surface area contributed by atoms with Gasteiger partial charge in [0.05, 0.1) is 0 Å². The van der Waals surface area contributed by atoms with Gasteiger partial charge in [-0.25, -0.2) is 0 Å². The Bertz CT molecular complexity index is 95.8. The van der Waals surface area contributed by atoms with Crippen molar-refractivity contribution in [3.05, 3.63) is 0 Å². The molecule has 0 spiro atoms.